The molecule has 1 N–H and O–H groups in total. The van der Waals surface area contributed by atoms with Crippen molar-refractivity contribution >= 4 is 5.91 Å². The zero-order valence-electron chi connectivity index (χ0n) is 12.8. The van der Waals surface area contributed by atoms with E-state index in [9.17, 15) is 9.90 Å². The molecule has 0 unspecified atom stereocenters. The lowest BCUT2D eigenvalue weighted by molar-refractivity contribution is -0.139. The molecule has 0 spiro atoms. The molecule has 1 aromatic heterocycles. The standard InChI is InChI=1S/C16H24N2O4/c19-14-10-17(12-15-2-1-7-22-15)5-6-18(11-14)16(20)13-3-8-21-9-4-13/h1-2,7,13-14,19H,3-6,8-12H2/t14-/m1/s1. The SMILES string of the molecule is O=C(C1CCOCC1)N1CCN(Cc2ccco2)C[C@@H](O)C1. The number of hydrogen-bond acceptors (Lipinski definition) is 5. The molecule has 22 heavy (non-hydrogen) atoms. The minimum atomic E-state index is -0.513. The van der Waals surface area contributed by atoms with Crippen molar-refractivity contribution in [3.63, 3.8) is 0 Å². The molecule has 3 rings (SSSR count). The van der Waals surface area contributed by atoms with Gasteiger partial charge in [0, 0.05) is 45.3 Å². The number of carbonyl (C=O) groups is 1. The molecule has 0 aromatic carbocycles. The average molecular weight is 308 g/mol. The number of furan rings is 1. The zero-order valence-corrected chi connectivity index (χ0v) is 12.8. The van der Waals surface area contributed by atoms with Gasteiger partial charge in [0.2, 0.25) is 5.91 Å². The van der Waals surface area contributed by atoms with Crippen molar-refractivity contribution in [2.45, 2.75) is 25.5 Å². The van der Waals surface area contributed by atoms with Crippen molar-refractivity contribution < 1.29 is 19.1 Å². The second-order valence-corrected chi connectivity index (χ2v) is 6.14. The highest BCUT2D eigenvalue weighted by Crippen LogP contribution is 2.19. The van der Waals surface area contributed by atoms with E-state index in [1.54, 1.807) is 6.26 Å². The molecule has 122 valence electrons. The average Bonchev–Trinajstić information content (AvgIpc) is 2.97. The van der Waals surface area contributed by atoms with Crippen molar-refractivity contribution in [1.82, 2.24) is 9.80 Å². The summed E-state index contributed by atoms with van der Waals surface area (Å²) in [4.78, 5) is 16.6. The minimum Gasteiger partial charge on any atom is -0.468 e. The van der Waals surface area contributed by atoms with Crippen LogP contribution in [0, 0.1) is 5.92 Å². The maximum Gasteiger partial charge on any atom is 0.225 e. The monoisotopic (exact) mass is 308 g/mol. The normalized spacial score (nSPS) is 25.1. The summed E-state index contributed by atoms with van der Waals surface area (Å²) in [6.07, 6.45) is 2.73. The van der Waals surface area contributed by atoms with Gasteiger partial charge in [0.1, 0.15) is 5.76 Å². The van der Waals surface area contributed by atoms with Crippen molar-refractivity contribution in [2.24, 2.45) is 5.92 Å². The highest BCUT2D eigenvalue weighted by Gasteiger charge is 2.30. The third kappa shape index (κ3) is 3.88. The summed E-state index contributed by atoms with van der Waals surface area (Å²) in [7, 11) is 0. The van der Waals surface area contributed by atoms with Crippen molar-refractivity contribution in [1.29, 1.82) is 0 Å². The van der Waals surface area contributed by atoms with Crippen LogP contribution in [0.2, 0.25) is 0 Å². The van der Waals surface area contributed by atoms with E-state index < -0.39 is 6.10 Å². The van der Waals surface area contributed by atoms with Gasteiger partial charge >= 0.3 is 0 Å². The first-order chi connectivity index (χ1) is 10.7. The summed E-state index contributed by atoms with van der Waals surface area (Å²) in [5.74, 6) is 1.11. The third-order valence-corrected chi connectivity index (χ3v) is 4.43. The number of aliphatic hydroxyl groups is 1. The summed E-state index contributed by atoms with van der Waals surface area (Å²) in [6, 6.07) is 3.80. The van der Waals surface area contributed by atoms with Crippen LogP contribution < -0.4 is 0 Å². The molecule has 2 fully saturated rings. The van der Waals surface area contributed by atoms with Gasteiger partial charge in [-0.3, -0.25) is 9.69 Å². The number of rotatable bonds is 3. The maximum absolute atomic E-state index is 12.6. The van der Waals surface area contributed by atoms with E-state index in [2.05, 4.69) is 4.90 Å². The Labute approximate surface area is 130 Å². The molecular formula is C16H24N2O4. The summed E-state index contributed by atoms with van der Waals surface area (Å²) in [6.45, 7) is 4.40. The molecule has 1 atom stereocenters. The van der Waals surface area contributed by atoms with Crippen molar-refractivity contribution in [3.05, 3.63) is 24.2 Å². The van der Waals surface area contributed by atoms with Crippen LogP contribution in [0.1, 0.15) is 18.6 Å². The minimum absolute atomic E-state index is 0.0533. The van der Waals surface area contributed by atoms with Crippen molar-refractivity contribution in [2.75, 3.05) is 39.4 Å². The molecule has 0 aliphatic carbocycles. The van der Waals surface area contributed by atoms with Crippen LogP contribution in [0.5, 0.6) is 0 Å². The van der Waals surface area contributed by atoms with E-state index in [1.807, 2.05) is 17.0 Å². The van der Waals surface area contributed by atoms with Gasteiger partial charge in [-0.2, -0.15) is 0 Å². The largest absolute Gasteiger partial charge is 0.468 e. The first kappa shape index (κ1) is 15.5. The second-order valence-electron chi connectivity index (χ2n) is 6.14. The van der Waals surface area contributed by atoms with Crippen LogP contribution in [0.4, 0.5) is 0 Å². The number of aliphatic hydroxyl groups excluding tert-OH is 1. The number of carbonyl (C=O) groups excluding carboxylic acids is 1. The van der Waals surface area contributed by atoms with Gasteiger partial charge < -0.3 is 19.2 Å². The highest BCUT2D eigenvalue weighted by atomic mass is 16.5. The number of amides is 1. The Morgan fingerprint density at radius 2 is 2.09 bits per heavy atom. The van der Waals surface area contributed by atoms with Gasteiger partial charge in [-0.15, -0.1) is 0 Å². The summed E-state index contributed by atoms with van der Waals surface area (Å²) < 4.78 is 10.7. The van der Waals surface area contributed by atoms with Gasteiger partial charge in [-0.25, -0.2) is 0 Å². The first-order valence-electron chi connectivity index (χ1n) is 8.01. The van der Waals surface area contributed by atoms with Crippen LogP contribution in [-0.2, 0) is 16.1 Å². The Morgan fingerprint density at radius 3 is 2.82 bits per heavy atom. The fourth-order valence-corrected chi connectivity index (χ4v) is 3.22. The van der Waals surface area contributed by atoms with Crippen molar-refractivity contribution in [3.8, 4) is 0 Å². The van der Waals surface area contributed by atoms with E-state index in [4.69, 9.17) is 9.15 Å². The van der Waals surface area contributed by atoms with E-state index in [-0.39, 0.29) is 11.8 Å². The predicted molar refractivity (Wildman–Crippen MR) is 80.1 cm³/mol. The summed E-state index contributed by atoms with van der Waals surface area (Å²) in [5.41, 5.74) is 0. The Bertz CT molecular complexity index is 471. The van der Waals surface area contributed by atoms with Crippen LogP contribution in [0.25, 0.3) is 0 Å². The van der Waals surface area contributed by atoms with Crippen LogP contribution >= 0.6 is 0 Å². The van der Waals surface area contributed by atoms with Gasteiger partial charge in [-0.05, 0) is 25.0 Å². The predicted octanol–water partition coefficient (Wildman–Crippen LogP) is 0.711. The van der Waals surface area contributed by atoms with Gasteiger partial charge in [0.15, 0.2) is 0 Å². The Morgan fingerprint density at radius 1 is 1.27 bits per heavy atom. The fraction of sp³-hybridized carbons (Fsp3) is 0.688. The topological polar surface area (TPSA) is 66.2 Å². The molecule has 3 heterocycles. The number of hydrogen-bond donors (Lipinski definition) is 1. The Balaban J connectivity index is 1.57. The molecule has 0 radical (unpaired) electrons. The van der Waals surface area contributed by atoms with Crippen LogP contribution in [0.3, 0.4) is 0 Å². The van der Waals surface area contributed by atoms with E-state index in [0.717, 1.165) is 25.1 Å². The molecule has 1 amide bonds. The van der Waals surface area contributed by atoms with Crippen LogP contribution in [-0.4, -0.2) is 66.3 Å². The molecule has 6 heteroatoms. The molecular weight excluding hydrogens is 284 g/mol. The first-order valence-corrected chi connectivity index (χ1v) is 8.01. The van der Waals surface area contributed by atoms with E-state index >= 15 is 0 Å². The molecule has 1 aromatic rings. The van der Waals surface area contributed by atoms with E-state index in [1.165, 1.54) is 0 Å². The number of β-amino-alcohol motifs (C(OH)–C–C–N with tert-alkyl or cyclic N) is 1. The smallest absolute Gasteiger partial charge is 0.225 e. The summed E-state index contributed by atoms with van der Waals surface area (Å²) >= 11 is 0. The quantitative estimate of drug-likeness (QED) is 0.891. The zero-order chi connectivity index (χ0) is 15.4. The lowest BCUT2D eigenvalue weighted by Crippen LogP contribution is -2.42. The van der Waals surface area contributed by atoms with Gasteiger partial charge in [-0.1, -0.05) is 0 Å². The lowest BCUT2D eigenvalue weighted by atomic mass is 9.98. The Kier molecular flexibility index (Phi) is 5.12. The van der Waals surface area contributed by atoms with Crippen LogP contribution in [0.15, 0.2) is 22.8 Å². The molecule has 0 bridgehead atoms. The second kappa shape index (κ2) is 7.26. The summed E-state index contributed by atoms with van der Waals surface area (Å²) in [5, 5.41) is 10.2. The maximum atomic E-state index is 12.6. The third-order valence-electron chi connectivity index (χ3n) is 4.43. The fourth-order valence-electron chi connectivity index (χ4n) is 3.22. The molecule has 2 saturated heterocycles. The van der Waals surface area contributed by atoms with Gasteiger partial charge in [0.05, 0.1) is 18.9 Å². The molecule has 2 aliphatic rings. The number of nitrogens with zero attached hydrogens (tertiary/aromatic N) is 2. The van der Waals surface area contributed by atoms with E-state index in [0.29, 0.717) is 39.4 Å². The van der Waals surface area contributed by atoms with Gasteiger partial charge in [0.25, 0.3) is 0 Å². The highest BCUT2D eigenvalue weighted by molar-refractivity contribution is 5.79. The molecule has 0 saturated carbocycles. The number of ether oxygens (including phenoxy) is 1. The Hall–Kier alpha value is -1.37. The molecule has 6 nitrogen and oxygen atoms in total. The lowest BCUT2D eigenvalue weighted by Gasteiger charge is -2.29. The molecule has 2 aliphatic heterocycles.